The summed E-state index contributed by atoms with van der Waals surface area (Å²) in [6, 6.07) is 6.68. The summed E-state index contributed by atoms with van der Waals surface area (Å²) < 4.78 is 21.6. The minimum absolute atomic E-state index is 0.194. The van der Waals surface area contributed by atoms with E-state index >= 15 is 0 Å². The molecule has 0 saturated carbocycles. The van der Waals surface area contributed by atoms with Crippen LogP contribution in [0.4, 0.5) is 0 Å². The van der Waals surface area contributed by atoms with E-state index < -0.39 is 14.7 Å². The van der Waals surface area contributed by atoms with Crippen LogP contribution in [0.25, 0.3) is 0 Å². The number of halogens is 1. The monoisotopic (exact) mass is 248 g/mol. The van der Waals surface area contributed by atoms with Gasteiger partial charge < -0.3 is 5.11 Å². The Balaban J connectivity index is 2.91. The van der Waals surface area contributed by atoms with Gasteiger partial charge in [-0.15, -0.1) is 0 Å². The van der Waals surface area contributed by atoms with Crippen molar-refractivity contribution in [1.29, 1.82) is 0 Å². The van der Waals surface area contributed by atoms with Crippen LogP contribution in [0.15, 0.2) is 24.3 Å². The number of hydrogen-bond acceptors (Lipinski definition) is 3. The summed E-state index contributed by atoms with van der Waals surface area (Å²) in [6.07, 6.45) is 0. The van der Waals surface area contributed by atoms with Crippen molar-refractivity contribution in [3.05, 3.63) is 35.4 Å². The van der Waals surface area contributed by atoms with Gasteiger partial charge in [0.25, 0.3) is 0 Å². The molecule has 0 aliphatic rings. The molecule has 15 heavy (non-hydrogen) atoms. The Kier molecular flexibility index (Phi) is 3.43. The van der Waals surface area contributed by atoms with Gasteiger partial charge in [-0.25, -0.2) is 8.42 Å². The highest BCUT2D eigenvalue weighted by atomic mass is 35.7. The van der Waals surface area contributed by atoms with Crippen molar-refractivity contribution in [2.24, 2.45) is 0 Å². The summed E-state index contributed by atoms with van der Waals surface area (Å²) in [7, 11) is 1.60. The molecule has 0 aliphatic carbocycles. The maximum atomic E-state index is 10.8. The van der Waals surface area contributed by atoms with Gasteiger partial charge in [0.2, 0.25) is 9.05 Å². The first-order valence-corrected chi connectivity index (χ1v) is 6.90. The van der Waals surface area contributed by atoms with Crippen molar-refractivity contribution in [2.45, 2.75) is 25.2 Å². The van der Waals surface area contributed by atoms with Crippen LogP contribution >= 0.6 is 10.7 Å². The number of benzene rings is 1. The van der Waals surface area contributed by atoms with Crippen LogP contribution in [0.5, 0.6) is 0 Å². The Morgan fingerprint density at radius 2 is 1.73 bits per heavy atom. The molecule has 0 atom stereocenters. The molecular weight excluding hydrogens is 236 g/mol. The maximum Gasteiger partial charge on any atom is 0.236 e. The molecule has 0 heterocycles. The minimum atomic E-state index is -3.52. The van der Waals surface area contributed by atoms with E-state index in [0.717, 1.165) is 5.56 Å². The van der Waals surface area contributed by atoms with E-state index in [2.05, 4.69) is 0 Å². The largest absolute Gasteiger partial charge is 0.386 e. The molecule has 0 fully saturated rings. The maximum absolute atomic E-state index is 10.8. The summed E-state index contributed by atoms with van der Waals surface area (Å²) in [5, 5.41) is 9.67. The SMILES string of the molecule is CC(C)(O)c1ccc(CS(=O)(=O)Cl)cc1. The number of aliphatic hydroxyl groups is 1. The fraction of sp³-hybridized carbons (Fsp3) is 0.400. The summed E-state index contributed by atoms with van der Waals surface area (Å²) in [5.74, 6) is -0.194. The zero-order valence-corrected chi connectivity index (χ0v) is 10.1. The highest BCUT2D eigenvalue weighted by molar-refractivity contribution is 8.13. The van der Waals surface area contributed by atoms with E-state index in [9.17, 15) is 13.5 Å². The average Bonchev–Trinajstić information content (AvgIpc) is 2.00. The average molecular weight is 249 g/mol. The molecule has 0 unspecified atom stereocenters. The predicted octanol–water partition coefficient (Wildman–Crippen LogP) is 1.98. The van der Waals surface area contributed by atoms with E-state index in [1.165, 1.54) is 0 Å². The first-order chi connectivity index (χ1) is 6.68. The van der Waals surface area contributed by atoms with Crippen LogP contribution in [-0.2, 0) is 20.4 Å². The molecule has 1 N–H and O–H groups in total. The van der Waals surface area contributed by atoms with Crippen molar-refractivity contribution in [2.75, 3.05) is 0 Å². The van der Waals surface area contributed by atoms with Gasteiger partial charge in [0.15, 0.2) is 0 Å². The van der Waals surface area contributed by atoms with E-state index in [-0.39, 0.29) is 5.75 Å². The molecule has 0 amide bonds. The second-order valence-electron chi connectivity index (χ2n) is 3.94. The lowest BCUT2D eigenvalue weighted by molar-refractivity contribution is 0.0786. The van der Waals surface area contributed by atoms with Gasteiger partial charge in [0.1, 0.15) is 0 Å². The van der Waals surface area contributed by atoms with E-state index in [1.54, 1.807) is 38.1 Å². The third-order valence-corrected chi connectivity index (χ3v) is 3.00. The summed E-state index contributed by atoms with van der Waals surface area (Å²) in [5.41, 5.74) is 0.425. The minimum Gasteiger partial charge on any atom is -0.386 e. The Hall–Kier alpha value is -0.580. The van der Waals surface area contributed by atoms with E-state index in [0.29, 0.717) is 5.56 Å². The highest BCUT2D eigenvalue weighted by Crippen LogP contribution is 2.20. The van der Waals surface area contributed by atoms with Gasteiger partial charge in [-0.1, -0.05) is 24.3 Å². The van der Waals surface area contributed by atoms with Gasteiger partial charge in [-0.3, -0.25) is 0 Å². The second-order valence-corrected chi connectivity index (χ2v) is 6.72. The Bertz CT molecular complexity index is 429. The van der Waals surface area contributed by atoms with Gasteiger partial charge in [-0.05, 0) is 25.0 Å². The highest BCUT2D eigenvalue weighted by Gasteiger charge is 2.15. The van der Waals surface area contributed by atoms with Crippen LogP contribution < -0.4 is 0 Å². The molecule has 1 aromatic carbocycles. The predicted molar refractivity (Wildman–Crippen MR) is 60.2 cm³/mol. The van der Waals surface area contributed by atoms with Gasteiger partial charge in [0.05, 0.1) is 11.4 Å². The lowest BCUT2D eigenvalue weighted by Gasteiger charge is -2.17. The van der Waals surface area contributed by atoms with E-state index in [1.807, 2.05) is 0 Å². The zero-order chi connectivity index (χ0) is 11.7. The van der Waals surface area contributed by atoms with Gasteiger partial charge in [-0.2, -0.15) is 0 Å². The summed E-state index contributed by atoms with van der Waals surface area (Å²) in [6.45, 7) is 3.33. The van der Waals surface area contributed by atoms with Crippen LogP contribution in [-0.4, -0.2) is 13.5 Å². The molecule has 0 saturated heterocycles. The molecule has 1 aromatic rings. The standard InChI is InChI=1S/C10H13ClO3S/c1-10(2,12)9-5-3-8(4-6-9)7-15(11,13)14/h3-6,12H,7H2,1-2H3. The first kappa shape index (κ1) is 12.5. The van der Waals surface area contributed by atoms with Crippen LogP contribution in [0.3, 0.4) is 0 Å². The van der Waals surface area contributed by atoms with Crippen molar-refractivity contribution in [1.82, 2.24) is 0 Å². The fourth-order valence-electron chi connectivity index (χ4n) is 1.21. The molecule has 0 aliphatic heterocycles. The third-order valence-electron chi connectivity index (χ3n) is 2.00. The number of hydrogen-bond donors (Lipinski definition) is 1. The normalized spacial score (nSPS) is 12.8. The topological polar surface area (TPSA) is 54.4 Å². The second kappa shape index (κ2) is 4.12. The van der Waals surface area contributed by atoms with Crippen molar-refractivity contribution < 1.29 is 13.5 Å². The molecule has 84 valence electrons. The van der Waals surface area contributed by atoms with E-state index in [4.69, 9.17) is 10.7 Å². The lowest BCUT2D eigenvalue weighted by Crippen LogP contribution is -2.15. The summed E-state index contributed by atoms with van der Waals surface area (Å²) in [4.78, 5) is 0. The first-order valence-electron chi connectivity index (χ1n) is 4.42. The van der Waals surface area contributed by atoms with Gasteiger partial charge >= 0.3 is 0 Å². The van der Waals surface area contributed by atoms with Crippen molar-refractivity contribution >= 4 is 19.7 Å². The Labute approximate surface area is 94.1 Å². The van der Waals surface area contributed by atoms with Crippen LogP contribution in [0, 0.1) is 0 Å². The molecule has 0 spiro atoms. The smallest absolute Gasteiger partial charge is 0.236 e. The Morgan fingerprint density at radius 1 is 1.27 bits per heavy atom. The molecule has 3 nitrogen and oxygen atoms in total. The lowest BCUT2D eigenvalue weighted by atomic mass is 9.98. The van der Waals surface area contributed by atoms with Crippen molar-refractivity contribution in [3.63, 3.8) is 0 Å². The molecule has 5 heteroatoms. The summed E-state index contributed by atoms with van der Waals surface area (Å²) >= 11 is 0. The van der Waals surface area contributed by atoms with Crippen molar-refractivity contribution in [3.8, 4) is 0 Å². The zero-order valence-electron chi connectivity index (χ0n) is 8.57. The molecule has 0 bridgehead atoms. The molecule has 0 aromatic heterocycles. The van der Waals surface area contributed by atoms with Crippen LogP contribution in [0.2, 0.25) is 0 Å². The third kappa shape index (κ3) is 4.20. The molecule has 0 radical (unpaired) electrons. The molecule has 1 rings (SSSR count). The van der Waals surface area contributed by atoms with Gasteiger partial charge in [0, 0.05) is 10.7 Å². The Morgan fingerprint density at radius 3 is 2.07 bits per heavy atom. The quantitative estimate of drug-likeness (QED) is 0.833. The number of rotatable bonds is 3. The fourth-order valence-corrected chi connectivity index (χ4v) is 2.18. The molecular formula is C10H13ClO3S. The van der Waals surface area contributed by atoms with Crippen LogP contribution in [0.1, 0.15) is 25.0 Å².